The number of nitrogens with one attached hydrogen (secondary N) is 2. The van der Waals surface area contributed by atoms with Crippen molar-refractivity contribution in [3.05, 3.63) is 71.9 Å². The fourth-order valence-corrected chi connectivity index (χ4v) is 2.44. The summed E-state index contributed by atoms with van der Waals surface area (Å²) < 4.78 is 6.76. The minimum absolute atomic E-state index is 0. The van der Waals surface area contributed by atoms with Crippen LogP contribution < -0.4 is 10.6 Å². The van der Waals surface area contributed by atoms with E-state index in [9.17, 15) is 0 Å². The van der Waals surface area contributed by atoms with Crippen molar-refractivity contribution >= 4 is 29.9 Å². The number of halogens is 1. The summed E-state index contributed by atoms with van der Waals surface area (Å²) in [4.78, 5) is 4.68. The van der Waals surface area contributed by atoms with Crippen LogP contribution in [0.15, 0.2) is 64.6 Å². The first kappa shape index (κ1) is 20.0. The molecule has 0 unspecified atom stereocenters. The van der Waals surface area contributed by atoms with Gasteiger partial charge < -0.3 is 15.2 Å². The number of hydrogen-bond acceptors (Lipinski definition) is 4. The summed E-state index contributed by atoms with van der Waals surface area (Å²) >= 11 is 0. The SMILES string of the molecule is CCNC(=NCc1ccccc1Cn1cccn1)NCc1ccon1.I. The van der Waals surface area contributed by atoms with Gasteiger partial charge in [0.1, 0.15) is 12.0 Å². The highest BCUT2D eigenvalue weighted by Crippen LogP contribution is 2.11. The molecule has 0 radical (unpaired) electrons. The van der Waals surface area contributed by atoms with E-state index in [-0.39, 0.29) is 24.0 Å². The molecule has 3 aromatic rings. The summed E-state index contributed by atoms with van der Waals surface area (Å²) in [5.41, 5.74) is 3.23. The molecule has 3 rings (SSSR count). The van der Waals surface area contributed by atoms with E-state index in [0.29, 0.717) is 13.1 Å². The molecule has 0 fully saturated rings. The predicted molar refractivity (Wildman–Crippen MR) is 111 cm³/mol. The second-order valence-corrected chi connectivity index (χ2v) is 5.51. The smallest absolute Gasteiger partial charge is 0.191 e. The van der Waals surface area contributed by atoms with Gasteiger partial charge in [0, 0.05) is 25.0 Å². The Balaban J connectivity index is 0.00000243. The Morgan fingerprint density at radius 2 is 2.00 bits per heavy atom. The lowest BCUT2D eigenvalue weighted by Gasteiger charge is -2.12. The fraction of sp³-hybridized carbons (Fsp3) is 0.278. The lowest BCUT2D eigenvalue weighted by atomic mass is 10.1. The van der Waals surface area contributed by atoms with E-state index in [0.717, 1.165) is 24.7 Å². The van der Waals surface area contributed by atoms with Crippen molar-refractivity contribution in [3.63, 3.8) is 0 Å². The normalized spacial score (nSPS) is 11.0. The Labute approximate surface area is 169 Å². The van der Waals surface area contributed by atoms with E-state index in [1.165, 1.54) is 11.1 Å². The highest BCUT2D eigenvalue weighted by atomic mass is 127. The number of nitrogens with zero attached hydrogens (tertiary/aromatic N) is 4. The van der Waals surface area contributed by atoms with Gasteiger partial charge >= 0.3 is 0 Å². The van der Waals surface area contributed by atoms with Crippen molar-refractivity contribution in [1.29, 1.82) is 0 Å². The third-order valence-corrected chi connectivity index (χ3v) is 3.69. The van der Waals surface area contributed by atoms with Crippen LogP contribution in [0.5, 0.6) is 0 Å². The molecule has 138 valence electrons. The summed E-state index contributed by atoms with van der Waals surface area (Å²) in [6, 6.07) is 12.0. The quantitative estimate of drug-likeness (QED) is 0.318. The Morgan fingerprint density at radius 3 is 2.69 bits per heavy atom. The topological polar surface area (TPSA) is 80.3 Å². The van der Waals surface area contributed by atoms with Crippen LogP contribution in [0, 0.1) is 0 Å². The zero-order chi connectivity index (χ0) is 17.3. The zero-order valence-corrected chi connectivity index (χ0v) is 17.0. The van der Waals surface area contributed by atoms with Gasteiger partial charge in [-0.25, -0.2) is 4.99 Å². The molecular weight excluding hydrogens is 443 g/mol. The predicted octanol–water partition coefficient (Wildman–Crippen LogP) is 2.79. The minimum Gasteiger partial charge on any atom is -0.364 e. The van der Waals surface area contributed by atoms with Crippen LogP contribution >= 0.6 is 24.0 Å². The molecule has 0 spiro atoms. The number of guanidine groups is 1. The lowest BCUT2D eigenvalue weighted by molar-refractivity contribution is 0.410. The summed E-state index contributed by atoms with van der Waals surface area (Å²) in [6.45, 7) is 4.73. The summed E-state index contributed by atoms with van der Waals surface area (Å²) in [5.74, 6) is 0.749. The molecule has 0 atom stereocenters. The van der Waals surface area contributed by atoms with Gasteiger partial charge in [-0.15, -0.1) is 24.0 Å². The molecule has 0 bridgehead atoms. The van der Waals surface area contributed by atoms with Gasteiger partial charge in [-0.2, -0.15) is 5.10 Å². The van der Waals surface area contributed by atoms with Crippen LogP contribution in [-0.2, 0) is 19.6 Å². The van der Waals surface area contributed by atoms with Crippen molar-refractivity contribution < 1.29 is 4.52 Å². The Bertz CT molecular complexity index is 786. The molecule has 1 aromatic carbocycles. The van der Waals surface area contributed by atoms with Gasteiger partial charge in [0.15, 0.2) is 5.96 Å². The molecule has 0 saturated heterocycles. The first-order chi connectivity index (χ1) is 12.3. The van der Waals surface area contributed by atoms with Crippen LogP contribution in [0.1, 0.15) is 23.7 Å². The van der Waals surface area contributed by atoms with Gasteiger partial charge in [0.25, 0.3) is 0 Å². The maximum absolute atomic E-state index is 4.84. The number of aromatic nitrogens is 3. The highest BCUT2D eigenvalue weighted by Gasteiger charge is 2.04. The Morgan fingerprint density at radius 1 is 1.15 bits per heavy atom. The average Bonchev–Trinajstić information content (AvgIpc) is 3.32. The molecule has 26 heavy (non-hydrogen) atoms. The van der Waals surface area contributed by atoms with Crippen molar-refractivity contribution in [2.45, 2.75) is 26.6 Å². The number of aliphatic imine (C=N–C) groups is 1. The van der Waals surface area contributed by atoms with Crippen LogP contribution in [0.25, 0.3) is 0 Å². The van der Waals surface area contributed by atoms with E-state index >= 15 is 0 Å². The largest absolute Gasteiger partial charge is 0.364 e. The van der Waals surface area contributed by atoms with Crippen LogP contribution in [0.2, 0.25) is 0 Å². The molecule has 2 N–H and O–H groups in total. The van der Waals surface area contributed by atoms with Crippen molar-refractivity contribution in [3.8, 4) is 0 Å². The molecular formula is C18H23IN6O. The van der Waals surface area contributed by atoms with Crippen molar-refractivity contribution in [2.24, 2.45) is 4.99 Å². The minimum atomic E-state index is 0. The highest BCUT2D eigenvalue weighted by molar-refractivity contribution is 14.0. The molecule has 0 saturated carbocycles. The number of rotatable bonds is 7. The second kappa shape index (κ2) is 10.6. The number of benzene rings is 1. The van der Waals surface area contributed by atoms with Gasteiger partial charge in [-0.05, 0) is 24.1 Å². The van der Waals surface area contributed by atoms with Crippen molar-refractivity contribution in [1.82, 2.24) is 25.6 Å². The summed E-state index contributed by atoms with van der Waals surface area (Å²) in [6.07, 6.45) is 5.31. The molecule has 0 aliphatic carbocycles. The Hall–Kier alpha value is -2.36. The molecule has 0 amide bonds. The maximum Gasteiger partial charge on any atom is 0.191 e. The van der Waals surface area contributed by atoms with Crippen LogP contribution in [-0.4, -0.2) is 27.4 Å². The van der Waals surface area contributed by atoms with Gasteiger partial charge in [-0.1, -0.05) is 29.4 Å². The van der Waals surface area contributed by atoms with Gasteiger partial charge in [0.05, 0.1) is 19.6 Å². The van der Waals surface area contributed by atoms with E-state index in [4.69, 9.17) is 4.52 Å². The third-order valence-electron chi connectivity index (χ3n) is 3.69. The fourth-order valence-electron chi connectivity index (χ4n) is 2.44. The van der Waals surface area contributed by atoms with Crippen LogP contribution in [0.3, 0.4) is 0 Å². The molecule has 2 heterocycles. The van der Waals surface area contributed by atoms with E-state index in [1.54, 1.807) is 12.5 Å². The standard InChI is InChI=1S/C18H22N6O.HI/c1-2-19-18(21-13-17-8-11-25-23-17)20-12-15-6-3-4-7-16(15)14-24-10-5-9-22-24;/h3-11H,2,12-14H2,1H3,(H2,19,20,21);1H. The van der Waals surface area contributed by atoms with E-state index in [2.05, 4.69) is 38.0 Å². The molecule has 2 aromatic heterocycles. The van der Waals surface area contributed by atoms with E-state index < -0.39 is 0 Å². The first-order valence-electron chi connectivity index (χ1n) is 8.31. The molecule has 0 aliphatic rings. The van der Waals surface area contributed by atoms with Gasteiger partial charge in [-0.3, -0.25) is 4.68 Å². The lowest BCUT2D eigenvalue weighted by Crippen LogP contribution is -2.36. The monoisotopic (exact) mass is 466 g/mol. The summed E-state index contributed by atoms with van der Waals surface area (Å²) in [7, 11) is 0. The molecule has 7 nitrogen and oxygen atoms in total. The van der Waals surface area contributed by atoms with Gasteiger partial charge in [0.2, 0.25) is 0 Å². The van der Waals surface area contributed by atoms with E-state index in [1.807, 2.05) is 42.1 Å². The first-order valence-corrected chi connectivity index (χ1v) is 8.31. The Kier molecular flexibility index (Phi) is 8.13. The van der Waals surface area contributed by atoms with Crippen LogP contribution in [0.4, 0.5) is 0 Å². The average molecular weight is 466 g/mol. The molecule has 0 aliphatic heterocycles. The zero-order valence-electron chi connectivity index (χ0n) is 14.6. The van der Waals surface area contributed by atoms with Crippen molar-refractivity contribution in [2.75, 3.05) is 6.54 Å². The second-order valence-electron chi connectivity index (χ2n) is 5.51. The number of hydrogen-bond donors (Lipinski definition) is 2. The maximum atomic E-state index is 4.84. The third kappa shape index (κ3) is 5.87. The molecule has 8 heteroatoms. The summed E-state index contributed by atoms with van der Waals surface area (Å²) in [5, 5.41) is 14.7.